The number of hydrogen-bond acceptors (Lipinski definition) is 5. The van der Waals surface area contributed by atoms with Crippen LogP contribution in [0.3, 0.4) is 0 Å². The zero-order chi connectivity index (χ0) is 15.5. The van der Waals surface area contributed by atoms with Gasteiger partial charge in [0.2, 0.25) is 0 Å². The molecule has 1 N–H and O–H groups in total. The van der Waals surface area contributed by atoms with Gasteiger partial charge in [-0.15, -0.1) is 0 Å². The van der Waals surface area contributed by atoms with E-state index in [1.807, 2.05) is 19.9 Å². The molecular weight excluding hydrogens is 280 g/mol. The molecule has 0 aromatic carbocycles. The molecule has 2 aliphatic heterocycles. The Morgan fingerprint density at radius 1 is 1.36 bits per heavy atom. The van der Waals surface area contributed by atoms with Gasteiger partial charge in [0.1, 0.15) is 5.82 Å². The van der Waals surface area contributed by atoms with Crippen molar-refractivity contribution in [1.82, 2.24) is 15.1 Å². The maximum Gasteiger partial charge on any atom is 0.267 e. The molecule has 6 nitrogen and oxygen atoms in total. The lowest BCUT2D eigenvalue weighted by Crippen LogP contribution is -2.53. The van der Waals surface area contributed by atoms with Crippen LogP contribution in [-0.2, 0) is 4.74 Å². The topological polar surface area (TPSA) is 59.4 Å². The van der Waals surface area contributed by atoms with Gasteiger partial charge < -0.3 is 15.0 Å². The Morgan fingerprint density at radius 2 is 2.18 bits per heavy atom. The normalized spacial score (nSPS) is 22.9. The highest BCUT2D eigenvalue weighted by molar-refractivity contribution is 5.39. The third-order valence-corrected chi connectivity index (χ3v) is 4.50. The lowest BCUT2D eigenvalue weighted by Gasteiger charge is -2.38. The highest BCUT2D eigenvalue weighted by Crippen LogP contribution is 2.22. The molecule has 0 bridgehead atoms. The Labute approximate surface area is 131 Å². The Hall–Kier alpha value is -1.40. The summed E-state index contributed by atoms with van der Waals surface area (Å²) in [6.07, 6.45) is 3.61. The van der Waals surface area contributed by atoms with E-state index in [2.05, 4.69) is 15.3 Å². The molecule has 0 saturated carbocycles. The maximum absolute atomic E-state index is 11.9. The van der Waals surface area contributed by atoms with Crippen molar-refractivity contribution in [3.63, 3.8) is 0 Å². The van der Waals surface area contributed by atoms with Gasteiger partial charge in [0.05, 0.1) is 25.3 Å². The molecule has 1 unspecified atom stereocenters. The highest BCUT2D eigenvalue weighted by atomic mass is 16.5. The molecule has 2 aliphatic rings. The number of ether oxygens (including phenoxy) is 1. The summed E-state index contributed by atoms with van der Waals surface area (Å²) in [6, 6.07) is 4.54. The molecule has 0 spiro atoms. The van der Waals surface area contributed by atoms with Crippen molar-refractivity contribution in [3.05, 3.63) is 22.5 Å². The van der Waals surface area contributed by atoms with Gasteiger partial charge in [0.25, 0.3) is 5.56 Å². The van der Waals surface area contributed by atoms with Crippen LogP contribution in [0.2, 0.25) is 0 Å². The monoisotopic (exact) mass is 306 g/mol. The Bertz CT molecular complexity index is 553. The highest BCUT2D eigenvalue weighted by Gasteiger charge is 2.26. The zero-order valence-corrected chi connectivity index (χ0v) is 13.5. The molecular formula is C16H26N4O2. The van der Waals surface area contributed by atoms with Crippen LogP contribution >= 0.6 is 0 Å². The van der Waals surface area contributed by atoms with Gasteiger partial charge in [-0.25, -0.2) is 4.68 Å². The molecule has 122 valence electrons. The lowest BCUT2D eigenvalue weighted by molar-refractivity contribution is -0.00569. The Morgan fingerprint density at radius 3 is 2.86 bits per heavy atom. The van der Waals surface area contributed by atoms with Crippen molar-refractivity contribution in [1.29, 1.82) is 0 Å². The van der Waals surface area contributed by atoms with Crippen LogP contribution in [0.1, 0.15) is 39.2 Å². The molecule has 2 fully saturated rings. The summed E-state index contributed by atoms with van der Waals surface area (Å²) in [4.78, 5) is 14.2. The third-order valence-electron chi connectivity index (χ3n) is 4.50. The van der Waals surface area contributed by atoms with Crippen LogP contribution in [0.25, 0.3) is 0 Å². The van der Waals surface area contributed by atoms with Crippen molar-refractivity contribution >= 4 is 5.82 Å². The molecule has 3 heterocycles. The summed E-state index contributed by atoms with van der Waals surface area (Å²) in [5, 5.41) is 8.16. The van der Waals surface area contributed by atoms with Crippen molar-refractivity contribution in [3.8, 4) is 0 Å². The van der Waals surface area contributed by atoms with Crippen molar-refractivity contribution in [2.24, 2.45) is 0 Å². The molecule has 0 aliphatic carbocycles. The van der Waals surface area contributed by atoms with E-state index in [0.717, 1.165) is 32.1 Å². The van der Waals surface area contributed by atoms with Crippen molar-refractivity contribution in [2.75, 3.05) is 31.2 Å². The first-order valence-corrected chi connectivity index (χ1v) is 8.33. The molecule has 2 saturated heterocycles. The van der Waals surface area contributed by atoms with Gasteiger partial charge in [-0.05, 0) is 39.2 Å². The van der Waals surface area contributed by atoms with E-state index in [-0.39, 0.29) is 11.6 Å². The summed E-state index contributed by atoms with van der Waals surface area (Å²) in [7, 11) is 0. The summed E-state index contributed by atoms with van der Waals surface area (Å²) < 4.78 is 6.79. The van der Waals surface area contributed by atoms with Gasteiger partial charge in [-0.1, -0.05) is 0 Å². The van der Waals surface area contributed by atoms with E-state index >= 15 is 0 Å². The Kier molecular flexibility index (Phi) is 4.78. The van der Waals surface area contributed by atoms with Crippen LogP contribution < -0.4 is 15.8 Å². The summed E-state index contributed by atoms with van der Waals surface area (Å²) in [6.45, 7) is 7.59. The van der Waals surface area contributed by atoms with Crippen LogP contribution in [0.15, 0.2) is 16.9 Å². The van der Waals surface area contributed by atoms with Crippen molar-refractivity contribution < 1.29 is 4.74 Å². The van der Waals surface area contributed by atoms with E-state index < -0.39 is 0 Å². The van der Waals surface area contributed by atoms with Gasteiger partial charge in [0, 0.05) is 25.2 Å². The number of rotatable bonds is 5. The second-order valence-corrected chi connectivity index (χ2v) is 6.55. The molecule has 1 aromatic rings. The first-order chi connectivity index (χ1) is 10.6. The number of aromatic nitrogens is 2. The minimum Gasteiger partial charge on any atom is -0.378 e. The fourth-order valence-corrected chi connectivity index (χ4v) is 3.11. The van der Waals surface area contributed by atoms with Crippen molar-refractivity contribution in [2.45, 2.75) is 51.2 Å². The maximum atomic E-state index is 11.9. The fraction of sp³-hybridized carbons (Fsp3) is 0.750. The number of hydrogen-bond donors (Lipinski definition) is 1. The summed E-state index contributed by atoms with van der Waals surface area (Å²) in [5.41, 5.74) is -0.0305. The van der Waals surface area contributed by atoms with Crippen LogP contribution in [-0.4, -0.2) is 48.2 Å². The van der Waals surface area contributed by atoms with Crippen LogP contribution in [0.5, 0.6) is 0 Å². The molecule has 0 radical (unpaired) electrons. The molecule has 0 amide bonds. The number of nitrogens with zero attached hydrogens (tertiary/aromatic N) is 3. The Balaban J connectivity index is 1.74. The van der Waals surface area contributed by atoms with Gasteiger partial charge in [0.15, 0.2) is 0 Å². The first-order valence-electron chi connectivity index (χ1n) is 8.33. The summed E-state index contributed by atoms with van der Waals surface area (Å²) >= 11 is 0. The second-order valence-electron chi connectivity index (χ2n) is 6.55. The van der Waals surface area contributed by atoms with Gasteiger partial charge in [-0.3, -0.25) is 4.79 Å². The standard InChI is InChI=1S/C16H26N4O2/c1-12(2)20-16(21)7-6-15(18-20)19-8-4-3-5-14(19)9-17-13-10-22-11-13/h6-7,12-14,17H,3-5,8-11H2,1-2H3. The average Bonchev–Trinajstić information content (AvgIpc) is 2.46. The van der Waals surface area contributed by atoms with E-state index in [0.29, 0.717) is 12.1 Å². The number of anilines is 1. The third kappa shape index (κ3) is 3.33. The minimum atomic E-state index is -0.0305. The SMILES string of the molecule is CC(C)n1nc(N2CCCCC2CNC2COC2)ccc1=O. The van der Waals surface area contributed by atoms with Gasteiger partial charge in [-0.2, -0.15) is 5.10 Å². The van der Waals surface area contributed by atoms with E-state index in [1.54, 1.807) is 10.7 Å². The van der Waals surface area contributed by atoms with Crippen LogP contribution in [0.4, 0.5) is 5.82 Å². The predicted octanol–water partition coefficient (Wildman–Crippen LogP) is 1.17. The molecule has 6 heteroatoms. The number of piperidine rings is 1. The smallest absolute Gasteiger partial charge is 0.267 e. The number of nitrogens with one attached hydrogen (secondary N) is 1. The zero-order valence-electron chi connectivity index (χ0n) is 13.5. The molecule has 22 heavy (non-hydrogen) atoms. The second kappa shape index (κ2) is 6.79. The lowest BCUT2D eigenvalue weighted by atomic mass is 10.0. The van der Waals surface area contributed by atoms with Crippen LogP contribution in [0, 0.1) is 0 Å². The molecule has 1 atom stereocenters. The molecule has 3 rings (SSSR count). The summed E-state index contributed by atoms with van der Waals surface area (Å²) in [5.74, 6) is 0.921. The van der Waals surface area contributed by atoms with E-state index in [1.165, 1.54) is 19.3 Å². The molecule has 1 aromatic heterocycles. The first kappa shape index (κ1) is 15.5. The largest absolute Gasteiger partial charge is 0.378 e. The fourth-order valence-electron chi connectivity index (χ4n) is 3.11. The quantitative estimate of drug-likeness (QED) is 0.885. The predicted molar refractivity (Wildman–Crippen MR) is 86.5 cm³/mol. The van der Waals surface area contributed by atoms with E-state index in [9.17, 15) is 4.79 Å². The minimum absolute atomic E-state index is 0.0305. The average molecular weight is 306 g/mol. The van der Waals surface area contributed by atoms with Gasteiger partial charge >= 0.3 is 0 Å². The van der Waals surface area contributed by atoms with E-state index in [4.69, 9.17) is 4.74 Å².